The highest BCUT2D eigenvalue weighted by Gasteiger charge is 2.50. The zero-order chi connectivity index (χ0) is 20.7. The van der Waals surface area contributed by atoms with E-state index in [1.54, 1.807) is 33.0 Å². The fourth-order valence-corrected chi connectivity index (χ4v) is 3.77. The Labute approximate surface area is 182 Å². The molecule has 2 aliphatic rings. The molecule has 28 heavy (non-hydrogen) atoms. The summed E-state index contributed by atoms with van der Waals surface area (Å²) in [4.78, 5) is 32.6. The summed E-state index contributed by atoms with van der Waals surface area (Å²) in [6.07, 6.45) is 0.969. The van der Waals surface area contributed by atoms with Gasteiger partial charge in [-0.05, 0) is 59.3 Å². The van der Waals surface area contributed by atoms with Gasteiger partial charge in [-0.2, -0.15) is 4.84 Å². The molecular weight excluding hydrogens is 501 g/mol. The first-order valence-corrected chi connectivity index (χ1v) is 10.1. The molecule has 3 rings (SSSR count). The first kappa shape index (κ1) is 21.5. The number of urea groups is 1. The first-order chi connectivity index (χ1) is 13.0. The third-order valence-corrected chi connectivity index (χ3v) is 5.46. The molecule has 0 bridgehead atoms. The number of amides is 3. The molecule has 1 N–H and O–H groups in total. The minimum Gasteiger partial charge on any atom is -0.348 e. The van der Waals surface area contributed by atoms with Gasteiger partial charge in [0.15, 0.2) is 5.79 Å². The fraction of sp³-hybridized carbons (Fsp3) is 0.444. The largest absolute Gasteiger partial charge is 0.464 e. The van der Waals surface area contributed by atoms with Crippen LogP contribution in [0.5, 0.6) is 0 Å². The summed E-state index contributed by atoms with van der Waals surface area (Å²) in [5.41, 5.74) is 0.594. The number of carbonyl (C=O) groups is 2. The molecular formula is C18H22ClIN3O5+. The van der Waals surface area contributed by atoms with Crippen molar-refractivity contribution >= 4 is 51.8 Å². The van der Waals surface area contributed by atoms with Gasteiger partial charge < -0.3 is 14.8 Å². The number of hydroxylamine groups is 3. The van der Waals surface area contributed by atoms with Crippen molar-refractivity contribution in [1.82, 2.24) is 4.90 Å². The van der Waals surface area contributed by atoms with Crippen LogP contribution in [-0.2, 0) is 19.1 Å². The Hall–Kier alpha value is -1.24. The van der Waals surface area contributed by atoms with Crippen LogP contribution in [-0.4, -0.2) is 60.7 Å². The summed E-state index contributed by atoms with van der Waals surface area (Å²) >= 11 is 8.38. The molecule has 8 nitrogen and oxygen atoms in total. The number of quaternary nitrogens is 1. The molecule has 3 amide bonds. The fourth-order valence-electron chi connectivity index (χ4n) is 2.87. The van der Waals surface area contributed by atoms with Crippen LogP contribution in [0.25, 0.3) is 0 Å². The van der Waals surface area contributed by atoms with Crippen LogP contribution in [0, 0.1) is 3.57 Å². The highest BCUT2D eigenvalue weighted by Crippen LogP contribution is 2.29. The molecule has 1 saturated heterocycles. The number of nitrogens with one attached hydrogen (secondary N) is 1. The molecule has 1 unspecified atom stereocenters. The number of hydrogen-bond acceptors (Lipinski definition) is 6. The molecule has 152 valence electrons. The number of rotatable bonds is 5. The van der Waals surface area contributed by atoms with Crippen molar-refractivity contribution in [3.8, 4) is 0 Å². The highest BCUT2D eigenvalue weighted by molar-refractivity contribution is 14.1. The average molecular weight is 523 g/mol. The van der Waals surface area contributed by atoms with E-state index in [2.05, 4.69) is 27.9 Å². The van der Waals surface area contributed by atoms with E-state index in [4.69, 9.17) is 25.9 Å². The van der Waals surface area contributed by atoms with Crippen molar-refractivity contribution in [1.29, 1.82) is 0 Å². The summed E-state index contributed by atoms with van der Waals surface area (Å²) in [6.45, 7) is 3.97. The van der Waals surface area contributed by atoms with Gasteiger partial charge in [0, 0.05) is 10.6 Å². The Morgan fingerprint density at radius 3 is 2.75 bits per heavy atom. The van der Waals surface area contributed by atoms with Crippen molar-refractivity contribution in [2.75, 3.05) is 32.6 Å². The summed E-state index contributed by atoms with van der Waals surface area (Å²) in [6, 6.07) is 4.91. The number of nitrogens with zero attached hydrogens (tertiary/aromatic N) is 2. The molecule has 0 aromatic heterocycles. The van der Waals surface area contributed by atoms with Crippen molar-refractivity contribution in [2.45, 2.75) is 25.7 Å². The number of benzene rings is 1. The topological polar surface area (TPSA) is 77.1 Å². The maximum Gasteiger partial charge on any atom is 0.464 e. The number of hydrogen-bond donors (Lipinski definition) is 1. The Morgan fingerprint density at radius 2 is 2.14 bits per heavy atom. The van der Waals surface area contributed by atoms with Crippen LogP contribution in [0.4, 0.5) is 10.5 Å². The Bertz CT molecular complexity index is 847. The minimum atomic E-state index is -0.845. The molecule has 2 aliphatic heterocycles. The number of imide groups is 1. The standard InChI is InChI=1S/C18H21ClIN3O5/c1-18(2)26-9-12(28-18)10-27-23(4)16(24)8-15(22(3)17(23)25)21-14-6-5-11(20)7-13(14)19/h5-8,12H,9-10H2,1-4H3/p+1/t12?,23-/m1/s1. The molecule has 1 fully saturated rings. The van der Waals surface area contributed by atoms with Gasteiger partial charge in [-0.1, -0.05) is 11.6 Å². The number of ether oxygens (including phenoxy) is 2. The van der Waals surface area contributed by atoms with Gasteiger partial charge in [-0.25, -0.2) is 14.5 Å². The predicted molar refractivity (Wildman–Crippen MR) is 111 cm³/mol. The second-order valence-corrected chi connectivity index (χ2v) is 8.78. The van der Waals surface area contributed by atoms with Gasteiger partial charge >= 0.3 is 11.9 Å². The zero-order valence-electron chi connectivity index (χ0n) is 16.0. The van der Waals surface area contributed by atoms with Crippen molar-refractivity contribution < 1.29 is 28.5 Å². The third-order valence-electron chi connectivity index (χ3n) is 4.47. The van der Waals surface area contributed by atoms with E-state index in [-0.39, 0.29) is 12.7 Å². The summed E-state index contributed by atoms with van der Waals surface area (Å²) in [5.74, 6) is -0.896. The van der Waals surface area contributed by atoms with Gasteiger partial charge in [-0.3, -0.25) is 0 Å². The van der Waals surface area contributed by atoms with Crippen molar-refractivity contribution in [2.24, 2.45) is 0 Å². The van der Waals surface area contributed by atoms with Gasteiger partial charge in [-0.15, -0.1) is 0 Å². The SMILES string of the molecule is CN1C(=O)[N@+](C)(OCC2COC(C)(C)O2)C(=O)C=C1Nc1ccc(I)cc1Cl. The van der Waals surface area contributed by atoms with Crippen LogP contribution >= 0.6 is 34.2 Å². The summed E-state index contributed by atoms with van der Waals surface area (Å²) in [5, 5.41) is 3.52. The zero-order valence-corrected chi connectivity index (χ0v) is 18.9. The van der Waals surface area contributed by atoms with E-state index in [0.717, 1.165) is 3.57 Å². The Morgan fingerprint density at radius 1 is 1.43 bits per heavy atom. The maximum absolute atomic E-state index is 12.9. The number of likely N-dealkylation sites (N-methyl/N-ethyl adjacent to an activating group) is 1. The molecule has 10 heteroatoms. The monoisotopic (exact) mass is 522 g/mol. The molecule has 1 aromatic carbocycles. The lowest BCUT2D eigenvalue weighted by Gasteiger charge is -2.34. The molecule has 0 spiro atoms. The van der Waals surface area contributed by atoms with E-state index in [0.29, 0.717) is 23.1 Å². The number of anilines is 1. The van der Waals surface area contributed by atoms with Gasteiger partial charge in [0.2, 0.25) is 0 Å². The van der Waals surface area contributed by atoms with E-state index >= 15 is 0 Å². The lowest BCUT2D eigenvalue weighted by Crippen LogP contribution is -2.61. The van der Waals surface area contributed by atoms with Crippen LogP contribution in [0.3, 0.4) is 0 Å². The Balaban J connectivity index is 1.74. The molecule has 0 radical (unpaired) electrons. The van der Waals surface area contributed by atoms with Crippen LogP contribution < -0.4 is 5.32 Å². The minimum absolute atomic E-state index is 0.0464. The Kier molecular flexibility index (Phi) is 6.04. The van der Waals surface area contributed by atoms with Crippen LogP contribution in [0.2, 0.25) is 5.02 Å². The third kappa shape index (κ3) is 4.34. The quantitative estimate of drug-likeness (QED) is 0.472. The maximum atomic E-state index is 12.9. The summed E-state index contributed by atoms with van der Waals surface area (Å²) in [7, 11) is 2.97. The smallest absolute Gasteiger partial charge is 0.348 e. The van der Waals surface area contributed by atoms with Crippen LogP contribution in [0.1, 0.15) is 13.8 Å². The summed E-state index contributed by atoms with van der Waals surface area (Å²) < 4.78 is 11.3. The van der Waals surface area contributed by atoms with E-state index in [1.165, 1.54) is 18.0 Å². The predicted octanol–water partition coefficient (Wildman–Crippen LogP) is 3.32. The van der Waals surface area contributed by atoms with Gasteiger partial charge in [0.25, 0.3) is 0 Å². The van der Waals surface area contributed by atoms with Gasteiger partial charge in [0.1, 0.15) is 25.6 Å². The number of carbonyl (C=O) groups excluding carboxylic acids is 2. The lowest BCUT2D eigenvalue weighted by atomic mass is 10.3. The van der Waals surface area contributed by atoms with Crippen LogP contribution in [0.15, 0.2) is 30.1 Å². The normalized spacial score (nSPS) is 27.1. The van der Waals surface area contributed by atoms with E-state index < -0.39 is 22.4 Å². The molecule has 1 aromatic rings. The van der Waals surface area contributed by atoms with Crippen molar-refractivity contribution in [3.05, 3.63) is 38.7 Å². The van der Waals surface area contributed by atoms with Gasteiger partial charge in [0.05, 0.1) is 23.4 Å². The molecule has 0 aliphatic carbocycles. The average Bonchev–Trinajstić information content (AvgIpc) is 2.97. The number of halogens is 2. The molecule has 2 atom stereocenters. The second-order valence-electron chi connectivity index (χ2n) is 7.13. The van der Waals surface area contributed by atoms with Crippen molar-refractivity contribution in [3.63, 3.8) is 0 Å². The lowest BCUT2D eigenvalue weighted by molar-refractivity contribution is -0.964. The molecule has 0 saturated carbocycles. The first-order valence-electron chi connectivity index (χ1n) is 8.61. The van der Waals surface area contributed by atoms with E-state index in [9.17, 15) is 9.59 Å². The molecule has 2 heterocycles. The highest BCUT2D eigenvalue weighted by atomic mass is 127. The second kappa shape index (κ2) is 7.88. The van der Waals surface area contributed by atoms with E-state index in [1.807, 2.05) is 6.07 Å².